The van der Waals surface area contributed by atoms with Crippen LogP contribution in [0, 0.1) is 0 Å². The molecule has 7 heteroatoms. The van der Waals surface area contributed by atoms with Gasteiger partial charge in [0.25, 0.3) is 0 Å². The highest BCUT2D eigenvalue weighted by Crippen LogP contribution is 2.28. The van der Waals surface area contributed by atoms with Crippen LogP contribution in [0.25, 0.3) is 0 Å². The average molecular weight is 517 g/mol. The van der Waals surface area contributed by atoms with Crippen LogP contribution in [0.1, 0.15) is 75.7 Å². The molecule has 0 atom stereocenters. The lowest BCUT2D eigenvalue weighted by atomic mass is 10.1. The number of amides is 2. The van der Waals surface area contributed by atoms with Crippen molar-refractivity contribution < 1.29 is 19.1 Å². The molecule has 2 aromatic rings. The Balaban J connectivity index is 2.07. The molecule has 0 bridgehead atoms. The summed E-state index contributed by atoms with van der Waals surface area (Å²) in [6.45, 7) is 6.21. The number of unbranched alkanes of at least 4 members (excludes halogenated alkanes) is 5. The Morgan fingerprint density at radius 3 is 2.25 bits per heavy atom. The summed E-state index contributed by atoms with van der Waals surface area (Å²) >= 11 is 1.65. The Kier molecular flexibility index (Phi) is 14.0. The van der Waals surface area contributed by atoms with Gasteiger partial charge in [0.2, 0.25) is 11.8 Å². The zero-order valence-electron chi connectivity index (χ0n) is 22.6. The minimum atomic E-state index is -0.000636. The van der Waals surface area contributed by atoms with Crippen molar-refractivity contribution in [2.75, 3.05) is 33.9 Å². The standard InChI is InChI=1S/C29H44N2O4S/c1-5-7-9-10-11-14-28(32)30(18-8-6-2)23-29(33)31(22-25-13-12-20-36-25)19-17-24-15-16-26(34-3)27(21-24)35-4/h12-13,15-16,20-21H,5-11,14,17-19,22-23H2,1-4H3. The summed E-state index contributed by atoms with van der Waals surface area (Å²) < 4.78 is 10.8. The Bertz CT molecular complexity index is 901. The van der Waals surface area contributed by atoms with Crippen molar-refractivity contribution in [3.05, 3.63) is 46.2 Å². The minimum Gasteiger partial charge on any atom is -0.493 e. The van der Waals surface area contributed by atoms with Crippen LogP contribution < -0.4 is 9.47 Å². The maximum atomic E-state index is 13.5. The summed E-state index contributed by atoms with van der Waals surface area (Å²) in [7, 11) is 3.25. The Labute approximate surface area is 221 Å². The number of nitrogens with zero attached hydrogens (tertiary/aromatic N) is 2. The molecule has 36 heavy (non-hydrogen) atoms. The van der Waals surface area contributed by atoms with E-state index in [2.05, 4.69) is 19.9 Å². The predicted octanol–water partition coefficient (Wildman–Crippen LogP) is 6.33. The maximum Gasteiger partial charge on any atom is 0.242 e. The molecule has 0 radical (unpaired) electrons. The van der Waals surface area contributed by atoms with E-state index in [9.17, 15) is 9.59 Å². The van der Waals surface area contributed by atoms with Crippen LogP contribution in [0.3, 0.4) is 0 Å². The molecule has 0 fully saturated rings. The number of thiophene rings is 1. The lowest BCUT2D eigenvalue weighted by Gasteiger charge is -2.28. The molecule has 6 nitrogen and oxygen atoms in total. The third-order valence-corrected chi connectivity index (χ3v) is 7.21. The highest BCUT2D eigenvalue weighted by molar-refractivity contribution is 7.09. The third kappa shape index (κ3) is 10.2. The molecule has 0 saturated carbocycles. The largest absolute Gasteiger partial charge is 0.493 e. The van der Waals surface area contributed by atoms with Crippen molar-refractivity contribution in [2.45, 2.75) is 78.2 Å². The third-order valence-electron chi connectivity index (χ3n) is 6.35. The lowest BCUT2D eigenvalue weighted by molar-refractivity contribution is -0.141. The fourth-order valence-electron chi connectivity index (χ4n) is 4.12. The second-order valence-corrected chi connectivity index (χ2v) is 10.2. The van der Waals surface area contributed by atoms with E-state index < -0.39 is 0 Å². The Hall–Kier alpha value is -2.54. The van der Waals surface area contributed by atoms with E-state index in [4.69, 9.17) is 9.47 Å². The first-order valence-corrected chi connectivity index (χ1v) is 14.2. The fourth-order valence-corrected chi connectivity index (χ4v) is 4.84. The number of rotatable bonds is 18. The van der Waals surface area contributed by atoms with Crippen LogP contribution in [0.4, 0.5) is 0 Å². The van der Waals surface area contributed by atoms with Crippen molar-refractivity contribution in [3.63, 3.8) is 0 Å². The van der Waals surface area contributed by atoms with Gasteiger partial charge in [-0.3, -0.25) is 9.59 Å². The quantitative estimate of drug-likeness (QED) is 0.217. The number of hydrogen-bond donors (Lipinski definition) is 0. The van der Waals surface area contributed by atoms with Crippen molar-refractivity contribution in [3.8, 4) is 11.5 Å². The number of carbonyl (C=O) groups excluding carboxylic acids is 2. The van der Waals surface area contributed by atoms with Crippen LogP contribution in [0.15, 0.2) is 35.7 Å². The molecule has 1 aromatic carbocycles. The number of ether oxygens (including phenoxy) is 2. The van der Waals surface area contributed by atoms with Gasteiger partial charge in [-0.1, -0.05) is 58.1 Å². The van der Waals surface area contributed by atoms with E-state index in [1.54, 1.807) is 30.5 Å². The molecule has 2 amide bonds. The second-order valence-electron chi connectivity index (χ2n) is 9.17. The fraction of sp³-hybridized carbons (Fsp3) is 0.586. The van der Waals surface area contributed by atoms with E-state index in [0.717, 1.165) is 36.1 Å². The van der Waals surface area contributed by atoms with Gasteiger partial charge in [-0.2, -0.15) is 0 Å². The molecule has 0 aliphatic carbocycles. The lowest BCUT2D eigenvalue weighted by Crippen LogP contribution is -2.43. The van der Waals surface area contributed by atoms with Gasteiger partial charge in [-0.05, 0) is 48.4 Å². The van der Waals surface area contributed by atoms with Gasteiger partial charge in [-0.25, -0.2) is 0 Å². The number of carbonyl (C=O) groups is 2. The molecule has 2 rings (SSSR count). The molecular weight excluding hydrogens is 472 g/mol. The van der Waals surface area contributed by atoms with Crippen molar-refractivity contribution in [1.82, 2.24) is 9.80 Å². The van der Waals surface area contributed by atoms with Crippen molar-refractivity contribution >= 4 is 23.2 Å². The van der Waals surface area contributed by atoms with E-state index in [-0.39, 0.29) is 18.4 Å². The summed E-state index contributed by atoms with van der Waals surface area (Å²) in [5.41, 5.74) is 1.07. The van der Waals surface area contributed by atoms with Gasteiger partial charge >= 0.3 is 0 Å². The van der Waals surface area contributed by atoms with Crippen molar-refractivity contribution in [1.29, 1.82) is 0 Å². The summed E-state index contributed by atoms with van der Waals surface area (Å²) in [5, 5.41) is 2.03. The zero-order valence-corrected chi connectivity index (χ0v) is 23.4. The SMILES string of the molecule is CCCCCCCC(=O)N(CCCC)CC(=O)N(CCc1ccc(OC)c(OC)c1)Cc1cccs1. The molecule has 200 valence electrons. The average Bonchev–Trinajstić information content (AvgIpc) is 3.41. The van der Waals surface area contributed by atoms with Gasteiger partial charge in [0.1, 0.15) is 0 Å². The normalized spacial score (nSPS) is 10.8. The topological polar surface area (TPSA) is 59.1 Å². The molecule has 0 aliphatic heterocycles. The van der Waals surface area contributed by atoms with Crippen LogP contribution in [0.2, 0.25) is 0 Å². The predicted molar refractivity (Wildman–Crippen MR) is 148 cm³/mol. The van der Waals surface area contributed by atoms with E-state index >= 15 is 0 Å². The Morgan fingerprint density at radius 1 is 0.833 bits per heavy atom. The minimum absolute atomic E-state index is 0.000636. The van der Waals surface area contributed by atoms with Crippen LogP contribution in [-0.2, 0) is 22.6 Å². The number of hydrogen-bond acceptors (Lipinski definition) is 5. The van der Waals surface area contributed by atoms with E-state index in [1.165, 1.54) is 19.3 Å². The second kappa shape index (κ2) is 17.0. The highest BCUT2D eigenvalue weighted by atomic mass is 32.1. The first-order chi connectivity index (χ1) is 17.5. The molecule has 0 N–H and O–H groups in total. The van der Waals surface area contributed by atoms with Crippen LogP contribution in [-0.4, -0.2) is 55.5 Å². The summed E-state index contributed by atoms with van der Waals surface area (Å²) in [5.74, 6) is 1.47. The zero-order chi connectivity index (χ0) is 26.2. The van der Waals surface area contributed by atoms with Crippen LogP contribution in [0.5, 0.6) is 11.5 Å². The summed E-state index contributed by atoms with van der Waals surface area (Å²) in [6.07, 6.45) is 8.66. The van der Waals surface area contributed by atoms with Crippen molar-refractivity contribution in [2.24, 2.45) is 0 Å². The first-order valence-electron chi connectivity index (χ1n) is 13.3. The monoisotopic (exact) mass is 516 g/mol. The van der Waals surface area contributed by atoms with Gasteiger partial charge < -0.3 is 19.3 Å². The van der Waals surface area contributed by atoms with Gasteiger partial charge in [0, 0.05) is 24.4 Å². The maximum absolute atomic E-state index is 13.5. The smallest absolute Gasteiger partial charge is 0.242 e. The van der Waals surface area contributed by atoms with Gasteiger partial charge in [-0.15, -0.1) is 11.3 Å². The molecule has 0 unspecified atom stereocenters. The molecule has 0 aliphatic rings. The highest BCUT2D eigenvalue weighted by Gasteiger charge is 2.21. The summed E-state index contributed by atoms with van der Waals surface area (Å²) in [4.78, 5) is 31.3. The first kappa shape index (κ1) is 29.7. The molecular formula is C29H44N2O4S. The van der Waals surface area contributed by atoms with E-state index in [1.807, 2.05) is 34.5 Å². The van der Waals surface area contributed by atoms with E-state index in [0.29, 0.717) is 44.0 Å². The molecule has 1 aromatic heterocycles. The number of methoxy groups -OCH3 is 2. The van der Waals surface area contributed by atoms with Crippen LogP contribution >= 0.6 is 11.3 Å². The van der Waals surface area contributed by atoms with Gasteiger partial charge in [0.05, 0.1) is 27.3 Å². The molecule has 0 spiro atoms. The molecule has 0 saturated heterocycles. The molecule has 1 heterocycles. The number of benzene rings is 1. The Morgan fingerprint density at radius 2 is 1.58 bits per heavy atom. The summed E-state index contributed by atoms with van der Waals surface area (Å²) in [6, 6.07) is 9.92. The van der Waals surface area contributed by atoms with Gasteiger partial charge in [0.15, 0.2) is 11.5 Å².